The first kappa shape index (κ1) is 18.6. The Bertz CT molecular complexity index is 857. The van der Waals surface area contributed by atoms with Crippen molar-refractivity contribution in [2.24, 2.45) is 0 Å². The summed E-state index contributed by atoms with van der Waals surface area (Å²) < 4.78 is 10.8. The molecular weight excluding hydrogens is 405 g/mol. The van der Waals surface area contributed by atoms with Crippen molar-refractivity contribution in [1.82, 2.24) is 9.80 Å². The number of nitrogens with zero attached hydrogens (tertiary/aromatic N) is 2. The third-order valence-corrected chi connectivity index (χ3v) is 5.77. The molecule has 0 unspecified atom stereocenters. The minimum Gasteiger partial charge on any atom is -0.454 e. The van der Waals surface area contributed by atoms with E-state index in [0.29, 0.717) is 22.0 Å². The highest BCUT2D eigenvalue weighted by Crippen LogP contribution is 2.33. The van der Waals surface area contributed by atoms with Crippen LogP contribution in [0.4, 0.5) is 5.69 Å². The van der Waals surface area contributed by atoms with Crippen LogP contribution in [0.2, 0.25) is 10.0 Å². The van der Waals surface area contributed by atoms with Crippen molar-refractivity contribution in [2.45, 2.75) is 6.54 Å². The van der Waals surface area contributed by atoms with E-state index < -0.39 is 0 Å². The van der Waals surface area contributed by atoms with Crippen molar-refractivity contribution < 1.29 is 9.47 Å². The van der Waals surface area contributed by atoms with E-state index in [-0.39, 0.29) is 0 Å². The Balaban J connectivity index is 1.29. The molecule has 0 spiro atoms. The molecule has 0 atom stereocenters. The molecule has 8 heteroatoms. The summed E-state index contributed by atoms with van der Waals surface area (Å²) in [6, 6.07) is 11.5. The fourth-order valence-corrected chi connectivity index (χ4v) is 3.78. The molecule has 1 N–H and O–H groups in total. The van der Waals surface area contributed by atoms with E-state index in [2.05, 4.69) is 27.2 Å². The molecule has 2 aromatic carbocycles. The molecule has 5 nitrogen and oxygen atoms in total. The highest BCUT2D eigenvalue weighted by molar-refractivity contribution is 7.80. The Morgan fingerprint density at radius 2 is 1.74 bits per heavy atom. The summed E-state index contributed by atoms with van der Waals surface area (Å²) in [7, 11) is 0. The second-order valence-electron chi connectivity index (χ2n) is 6.51. The van der Waals surface area contributed by atoms with Crippen LogP contribution in [0.1, 0.15) is 5.56 Å². The molecule has 2 aromatic rings. The van der Waals surface area contributed by atoms with Crippen LogP contribution in [0.15, 0.2) is 36.4 Å². The minimum atomic E-state index is 0.306. The zero-order valence-electron chi connectivity index (χ0n) is 14.6. The second kappa shape index (κ2) is 8.10. The lowest BCUT2D eigenvalue weighted by Gasteiger charge is -2.36. The summed E-state index contributed by atoms with van der Waals surface area (Å²) in [5.41, 5.74) is 2.07. The SMILES string of the molecule is S=C(Nc1ccc(Cl)c(Cl)c1)N1CCN(Cc2ccc3c(c2)OCO3)CC1. The first-order valence-electron chi connectivity index (χ1n) is 8.70. The van der Waals surface area contributed by atoms with Gasteiger partial charge in [-0.1, -0.05) is 29.3 Å². The number of rotatable bonds is 3. The molecule has 2 heterocycles. The summed E-state index contributed by atoms with van der Waals surface area (Å²) in [4.78, 5) is 4.59. The molecule has 142 valence electrons. The number of halogens is 2. The van der Waals surface area contributed by atoms with Crippen LogP contribution < -0.4 is 14.8 Å². The van der Waals surface area contributed by atoms with Gasteiger partial charge in [0.15, 0.2) is 16.6 Å². The molecule has 0 saturated carbocycles. The van der Waals surface area contributed by atoms with Gasteiger partial charge in [-0.15, -0.1) is 0 Å². The first-order chi connectivity index (χ1) is 13.1. The number of thiocarbonyl (C=S) groups is 1. The van der Waals surface area contributed by atoms with E-state index in [1.54, 1.807) is 12.1 Å². The number of nitrogens with one attached hydrogen (secondary N) is 1. The molecule has 0 radical (unpaired) electrons. The Morgan fingerprint density at radius 1 is 0.963 bits per heavy atom. The minimum absolute atomic E-state index is 0.306. The van der Waals surface area contributed by atoms with Crippen LogP contribution >= 0.6 is 35.4 Å². The molecule has 0 aromatic heterocycles. The highest BCUT2D eigenvalue weighted by Gasteiger charge is 2.20. The normalized spacial score (nSPS) is 16.4. The maximum atomic E-state index is 6.06. The number of anilines is 1. The number of ether oxygens (including phenoxy) is 2. The van der Waals surface area contributed by atoms with E-state index >= 15 is 0 Å². The zero-order valence-corrected chi connectivity index (χ0v) is 16.9. The molecule has 1 fully saturated rings. The molecular formula is C19H19Cl2N3O2S. The monoisotopic (exact) mass is 423 g/mol. The quantitative estimate of drug-likeness (QED) is 0.744. The Hall–Kier alpha value is -1.73. The average Bonchev–Trinajstić information content (AvgIpc) is 3.13. The number of piperazine rings is 1. The summed E-state index contributed by atoms with van der Waals surface area (Å²) >= 11 is 17.6. The van der Waals surface area contributed by atoms with E-state index in [1.807, 2.05) is 12.1 Å². The molecule has 2 aliphatic rings. The molecule has 0 amide bonds. The van der Waals surface area contributed by atoms with Crippen LogP contribution in [0, 0.1) is 0 Å². The highest BCUT2D eigenvalue weighted by atomic mass is 35.5. The molecule has 1 saturated heterocycles. The van der Waals surface area contributed by atoms with Crippen LogP contribution in [0.3, 0.4) is 0 Å². The Morgan fingerprint density at radius 3 is 2.52 bits per heavy atom. The smallest absolute Gasteiger partial charge is 0.231 e. The van der Waals surface area contributed by atoms with E-state index in [4.69, 9.17) is 44.9 Å². The van der Waals surface area contributed by atoms with Gasteiger partial charge in [-0.3, -0.25) is 4.90 Å². The predicted molar refractivity (Wildman–Crippen MR) is 112 cm³/mol. The van der Waals surface area contributed by atoms with Gasteiger partial charge in [-0.25, -0.2) is 0 Å². The van der Waals surface area contributed by atoms with Crippen LogP contribution in [-0.4, -0.2) is 47.9 Å². The van der Waals surface area contributed by atoms with Crippen LogP contribution in [0.5, 0.6) is 11.5 Å². The standard InChI is InChI=1S/C19H19Cl2N3O2S/c20-15-3-2-14(10-16(15)21)22-19(27)24-7-5-23(6-8-24)11-13-1-4-17-18(9-13)26-12-25-17/h1-4,9-10H,5-8,11-12H2,(H,22,27). The van der Waals surface area contributed by atoms with Crippen LogP contribution in [-0.2, 0) is 6.54 Å². The van der Waals surface area contributed by atoms with Gasteiger partial charge in [0.1, 0.15) is 0 Å². The van der Waals surface area contributed by atoms with Crippen molar-refractivity contribution in [1.29, 1.82) is 0 Å². The van der Waals surface area contributed by atoms with Gasteiger partial charge in [-0.2, -0.15) is 0 Å². The third-order valence-electron chi connectivity index (χ3n) is 4.67. The lowest BCUT2D eigenvalue weighted by Crippen LogP contribution is -2.49. The summed E-state index contributed by atoms with van der Waals surface area (Å²) in [5, 5.41) is 4.99. The van der Waals surface area contributed by atoms with Gasteiger partial charge in [0.25, 0.3) is 0 Å². The van der Waals surface area contributed by atoms with Gasteiger partial charge in [0.2, 0.25) is 6.79 Å². The van der Waals surface area contributed by atoms with Gasteiger partial charge in [0.05, 0.1) is 10.0 Å². The van der Waals surface area contributed by atoms with Gasteiger partial charge in [0, 0.05) is 38.4 Å². The van der Waals surface area contributed by atoms with Crippen molar-refractivity contribution in [3.05, 3.63) is 52.0 Å². The average molecular weight is 424 g/mol. The number of fused-ring (bicyclic) bond motifs is 1. The summed E-state index contributed by atoms with van der Waals surface area (Å²) in [6.45, 7) is 4.82. The number of benzene rings is 2. The maximum Gasteiger partial charge on any atom is 0.231 e. The third kappa shape index (κ3) is 4.41. The lowest BCUT2D eigenvalue weighted by atomic mass is 10.1. The zero-order chi connectivity index (χ0) is 18.8. The predicted octanol–water partition coefficient (Wildman–Crippen LogP) is 4.24. The molecule has 2 aliphatic heterocycles. The van der Waals surface area contributed by atoms with Gasteiger partial charge in [-0.05, 0) is 48.1 Å². The van der Waals surface area contributed by atoms with E-state index in [0.717, 1.165) is 49.9 Å². The Kier molecular flexibility index (Phi) is 5.59. The maximum absolute atomic E-state index is 6.06. The second-order valence-corrected chi connectivity index (χ2v) is 7.71. The van der Waals surface area contributed by atoms with Crippen molar-refractivity contribution >= 4 is 46.2 Å². The molecule has 4 rings (SSSR count). The fraction of sp³-hybridized carbons (Fsp3) is 0.316. The van der Waals surface area contributed by atoms with E-state index in [1.165, 1.54) is 5.56 Å². The van der Waals surface area contributed by atoms with Crippen LogP contribution in [0.25, 0.3) is 0 Å². The van der Waals surface area contributed by atoms with Crippen molar-refractivity contribution in [3.63, 3.8) is 0 Å². The largest absolute Gasteiger partial charge is 0.454 e. The van der Waals surface area contributed by atoms with Crippen molar-refractivity contribution in [2.75, 3.05) is 38.3 Å². The molecule has 0 aliphatic carbocycles. The van der Waals surface area contributed by atoms with Gasteiger partial charge >= 0.3 is 0 Å². The van der Waals surface area contributed by atoms with E-state index in [9.17, 15) is 0 Å². The summed E-state index contributed by atoms with van der Waals surface area (Å²) in [6.07, 6.45) is 0. The molecule has 27 heavy (non-hydrogen) atoms. The first-order valence-corrected chi connectivity index (χ1v) is 9.87. The molecule has 0 bridgehead atoms. The number of hydrogen-bond donors (Lipinski definition) is 1. The van der Waals surface area contributed by atoms with Gasteiger partial charge < -0.3 is 19.7 Å². The fourth-order valence-electron chi connectivity index (χ4n) is 3.18. The topological polar surface area (TPSA) is 37.0 Å². The lowest BCUT2D eigenvalue weighted by molar-refractivity contribution is 0.173. The summed E-state index contributed by atoms with van der Waals surface area (Å²) in [5.74, 6) is 1.65. The van der Waals surface area contributed by atoms with Crippen molar-refractivity contribution in [3.8, 4) is 11.5 Å². The Labute approximate surface area is 173 Å². The number of hydrogen-bond acceptors (Lipinski definition) is 4.